The number of ether oxygens (including phenoxy) is 2. The Morgan fingerprint density at radius 2 is 1.86 bits per heavy atom. The van der Waals surface area contributed by atoms with Gasteiger partial charge in [0.1, 0.15) is 0 Å². The van der Waals surface area contributed by atoms with Gasteiger partial charge in [-0.25, -0.2) is 8.42 Å². The Bertz CT molecular complexity index is 536. The number of rotatable bonds is 1. The van der Waals surface area contributed by atoms with Gasteiger partial charge in [0.05, 0.1) is 30.1 Å². The van der Waals surface area contributed by atoms with E-state index in [2.05, 4.69) is 0 Å². The second-order valence-corrected chi connectivity index (χ2v) is 8.91. The molecule has 0 aromatic heterocycles. The van der Waals surface area contributed by atoms with E-state index in [0.717, 1.165) is 0 Å². The van der Waals surface area contributed by atoms with Crippen LogP contribution < -0.4 is 0 Å². The predicted molar refractivity (Wildman–Crippen MR) is 74.4 cm³/mol. The lowest BCUT2D eigenvalue weighted by Crippen LogP contribution is -2.62. The van der Waals surface area contributed by atoms with Gasteiger partial charge in [-0.05, 0) is 18.3 Å². The molecule has 21 heavy (non-hydrogen) atoms. The van der Waals surface area contributed by atoms with Crippen molar-refractivity contribution >= 4 is 15.8 Å². The first-order valence-electron chi connectivity index (χ1n) is 7.51. The highest BCUT2D eigenvalue weighted by Gasteiger charge is 2.62. The van der Waals surface area contributed by atoms with Crippen molar-refractivity contribution in [2.45, 2.75) is 37.7 Å². The van der Waals surface area contributed by atoms with Crippen LogP contribution in [0.5, 0.6) is 0 Å². The highest BCUT2D eigenvalue weighted by molar-refractivity contribution is 7.92. The Kier molecular flexibility index (Phi) is 3.58. The van der Waals surface area contributed by atoms with Gasteiger partial charge in [0.15, 0.2) is 15.6 Å². The number of aliphatic carboxylic acids is 1. The van der Waals surface area contributed by atoms with E-state index in [0.29, 0.717) is 26.1 Å². The van der Waals surface area contributed by atoms with Crippen LogP contribution in [-0.4, -0.2) is 49.5 Å². The van der Waals surface area contributed by atoms with E-state index in [4.69, 9.17) is 9.47 Å². The van der Waals surface area contributed by atoms with Gasteiger partial charge >= 0.3 is 5.97 Å². The second kappa shape index (κ2) is 4.93. The molecule has 2 aliphatic heterocycles. The molecule has 120 valence electrons. The molecule has 3 rings (SSSR count). The van der Waals surface area contributed by atoms with Crippen LogP contribution in [-0.2, 0) is 24.1 Å². The Morgan fingerprint density at radius 1 is 1.24 bits per heavy atom. The third-order valence-corrected chi connectivity index (χ3v) is 7.85. The van der Waals surface area contributed by atoms with Crippen molar-refractivity contribution in [3.8, 4) is 0 Å². The molecule has 0 bridgehead atoms. The number of carbonyl (C=O) groups is 1. The van der Waals surface area contributed by atoms with Crippen LogP contribution in [0.25, 0.3) is 0 Å². The molecule has 1 spiro atoms. The van der Waals surface area contributed by atoms with Crippen LogP contribution in [0.4, 0.5) is 0 Å². The van der Waals surface area contributed by atoms with Crippen molar-refractivity contribution in [1.29, 1.82) is 0 Å². The number of carboxylic acid groups (broad SMARTS) is 1. The molecule has 2 saturated heterocycles. The topological polar surface area (TPSA) is 89.9 Å². The first-order chi connectivity index (χ1) is 9.78. The van der Waals surface area contributed by atoms with Gasteiger partial charge in [0, 0.05) is 12.3 Å². The van der Waals surface area contributed by atoms with Crippen molar-refractivity contribution in [3.63, 3.8) is 0 Å². The van der Waals surface area contributed by atoms with Crippen LogP contribution in [0.1, 0.15) is 26.7 Å². The van der Waals surface area contributed by atoms with E-state index in [1.165, 1.54) is 0 Å². The minimum Gasteiger partial charge on any atom is -0.481 e. The standard InChI is InChI=1S/C14H22O6S/c1-8-7-10(13(15)16)9(2)11-12(8)21(17,18)6-3-14(11)19-4-5-20-14/h8-12H,3-7H2,1-2H3,(H,15,16). The number of fused-ring (bicyclic) bond motifs is 2. The molecular weight excluding hydrogens is 296 g/mol. The van der Waals surface area contributed by atoms with Crippen LogP contribution >= 0.6 is 0 Å². The van der Waals surface area contributed by atoms with Gasteiger partial charge in [-0.2, -0.15) is 0 Å². The molecule has 0 aromatic rings. The highest BCUT2D eigenvalue weighted by atomic mass is 32.2. The van der Waals surface area contributed by atoms with E-state index in [1.807, 2.05) is 13.8 Å². The fourth-order valence-corrected chi connectivity index (χ4v) is 7.16. The van der Waals surface area contributed by atoms with E-state index in [1.54, 1.807) is 0 Å². The Balaban J connectivity index is 2.06. The number of sulfone groups is 1. The first kappa shape index (κ1) is 15.2. The maximum absolute atomic E-state index is 12.5. The minimum absolute atomic E-state index is 0.0585. The van der Waals surface area contributed by atoms with E-state index >= 15 is 0 Å². The third-order valence-electron chi connectivity index (χ3n) is 5.49. The number of hydrogen-bond acceptors (Lipinski definition) is 5. The summed E-state index contributed by atoms with van der Waals surface area (Å²) in [5.41, 5.74) is 0. The molecule has 6 nitrogen and oxygen atoms in total. The van der Waals surface area contributed by atoms with Gasteiger partial charge < -0.3 is 14.6 Å². The zero-order chi connectivity index (χ0) is 15.4. The van der Waals surface area contributed by atoms with Crippen molar-refractivity contribution < 1.29 is 27.8 Å². The maximum Gasteiger partial charge on any atom is 0.306 e. The average Bonchev–Trinajstić information content (AvgIpc) is 2.86. The van der Waals surface area contributed by atoms with Gasteiger partial charge in [0.2, 0.25) is 0 Å². The van der Waals surface area contributed by atoms with E-state index in [-0.39, 0.29) is 17.6 Å². The van der Waals surface area contributed by atoms with Crippen molar-refractivity contribution in [2.24, 2.45) is 23.7 Å². The summed E-state index contributed by atoms with van der Waals surface area (Å²) in [7, 11) is -3.23. The summed E-state index contributed by atoms with van der Waals surface area (Å²) >= 11 is 0. The van der Waals surface area contributed by atoms with Crippen LogP contribution in [0.15, 0.2) is 0 Å². The summed E-state index contributed by atoms with van der Waals surface area (Å²) in [4.78, 5) is 11.5. The Labute approximate surface area is 124 Å². The molecule has 0 radical (unpaired) electrons. The lowest BCUT2D eigenvalue weighted by molar-refractivity contribution is -0.225. The minimum atomic E-state index is -3.23. The molecule has 3 fully saturated rings. The third kappa shape index (κ3) is 2.21. The van der Waals surface area contributed by atoms with Crippen molar-refractivity contribution in [2.75, 3.05) is 19.0 Å². The van der Waals surface area contributed by atoms with E-state index in [9.17, 15) is 18.3 Å². The van der Waals surface area contributed by atoms with E-state index < -0.39 is 38.7 Å². The number of hydrogen-bond donors (Lipinski definition) is 1. The lowest BCUT2D eigenvalue weighted by atomic mass is 9.65. The summed E-state index contributed by atoms with van der Waals surface area (Å²) in [5, 5.41) is 8.89. The lowest BCUT2D eigenvalue weighted by Gasteiger charge is -2.52. The highest BCUT2D eigenvalue weighted by Crippen LogP contribution is 2.53. The Hall–Kier alpha value is -0.660. The smallest absolute Gasteiger partial charge is 0.306 e. The largest absolute Gasteiger partial charge is 0.481 e. The molecule has 7 heteroatoms. The maximum atomic E-state index is 12.5. The zero-order valence-electron chi connectivity index (χ0n) is 12.3. The van der Waals surface area contributed by atoms with Crippen LogP contribution in [0.3, 0.4) is 0 Å². The van der Waals surface area contributed by atoms with Crippen molar-refractivity contribution in [3.05, 3.63) is 0 Å². The first-order valence-corrected chi connectivity index (χ1v) is 9.22. The quantitative estimate of drug-likeness (QED) is 0.773. The molecule has 5 unspecified atom stereocenters. The molecular formula is C14H22O6S. The molecule has 0 amide bonds. The molecule has 1 aliphatic carbocycles. The van der Waals surface area contributed by atoms with Crippen LogP contribution in [0.2, 0.25) is 0 Å². The SMILES string of the molecule is CC1CC(C(=O)O)C(C)C2C1S(=O)(=O)CCC21OCCO1. The molecule has 1 N–H and O–H groups in total. The fourth-order valence-electron chi connectivity index (χ4n) is 4.60. The molecule has 2 heterocycles. The van der Waals surface area contributed by atoms with Crippen molar-refractivity contribution in [1.82, 2.24) is 0 Å². The molecule has 0 aromatic carbocycles. The zero-order valence-corrected chi connectivity index (χ0v) is 13.1. The summed E-state index contributed by atoms with van der Waals surface area (Å²) in [6, 6.07) is 0. The van der Waals surface area contributed by atoms with Crippen LogP contribution in [0, 0.1) is 23.7 Å². The summed E-state index contributed by atoms with van der Waals surface area (Å²) in [6.45, 7) is 4.56. The Morgan fingerprint density at radius 3 is 2.43 bits per heavy atom. The summed E-state index contributed by atoms with van der Waals surface area (Å²) in [5.74, 6) is -3.12. The molecule has 5 atom stereocenters. The average molecular weight is 318 g/mol. The summed E-state index contributed by atoms with van der Waals surface area (Å²) < 4.78 is 36.7. The monoisotopic (exact) mass is 318 g/mol. The predicted octanol–water partition coefficient (Wildman–Crippen LogP) is 0.909. The van der Waals surface area contributed by atoms with Gasteiger partial charge in [-0.15, -0.1) is 0 Å². The second-order valence-electron chi connectivity index (χ2n) is 6.63. The normalized spacial score (nSPS) is 44.4. The van der Waals surface area contributed by atoms with Gasteiger partial charge in [0.25, 0.3) is 0 Å². The van der Waals surface area contributed by atoms with Gasteiger partial charge in [-0.3, -0.25) is 4.79 Å². The molecule has 1 saturated carbocycles. The van der Waals surface area contributed by atoms with Gasteiger partial charge in [-0.1, -0.05) is 13.8 Å². The number of carboxylic acids is 1. The fraction of sp³-hybridized carbons (Fsp3) is 0.929. The molecule has 3 aliphatic rings. The summed E-state index contributed by atoms with van der Waals surface area (Å²) in [6.07, 6.45) is 0.701.